The normalized spacial score (nSPS) is 38.6. The van der Waals surface area contributed by atoms with Crippen molar-refractivity contribution in [3.05, 3.63) is 11.6 Å². The van der Waals surface area contributed by atoms with Crippen LogP contribution in [-0.4, -0.2) is 38.5 Å². The van der Waals surface area contributed by atoms with Crippen molar-refractivity contribution in [3.8, 4) is 0 Å². The van der Waals surface area contributed by atoms with E-state index in [1.54, 1.807) is 5.57 Å². The van der Waals surface area contributed by atoms with Crippen molar-refractivity contribution in [3.63, 3.8) is 0 Å². The van der Waals surface area contributed by atoms with Crippen LogP contribution in [-0.2, 0) is 9.47 Å². The van der Waals surface area contributed by atoms with Gasteiger partial charge >= 0.3 is 0 Å². The van der Waals surface area contributed by atoms with Crippen molar-refractivity contribution >= 4 is 0 Å². The van der Waals surface area contributed by atoms with Gasteiger partial charge in [-0.05, 0) is 38.6 Å². The molecule has 3 nitrogen and oxygen atoms in total. The minimum atomic E-state index is 0.505. The first-order valence-corrected chi connectivity index (χ1v) is 8.51. The maximum absolute atomic E-state index is 6.05. The molecular weight excluding hydrogens is 250 g/mol. The first-order valence-electron chi connectivity index (χ1n) is 8.51. The highest BCUT2D eigenvalue weighted by Gasteiger charge is 2.64. The average molecular weight is 277 g/mol. The third-order valence-corrected chi connectivity index (χ3v) is 6.15. The van der Waals surface area contributed by atoms with Gasteiger partial charge in [0.1, 0.15) is 0 Å². The van der Waals surface area contributed by atoms with Gasteiger partial charge in [-0.2, -0.15) is 0 Å². The van der Waals surface area contributed by atoms with Crippen LogP contribution in [0.3, 0.4) is 0 Å². The van der Waals surface area contributed by atoms with Gasteiger partial charge in [-0.1, -0.05) is 24.5 Å². The number of fused-ring (bicyclic) bond motifs is 2. The molecule has 0 aromatic rings. The Bertz CT molecular complexity index is 386. The summed E-state index contributed by atoms with van der Waals surface area (Å²) in [6, 6.07) is 0.734. The fourth-order valence-electron chi connectivity index (χ4n) is 5.19. The van der Waals surface area contributed by atoms with E-state index >= 15 is 0 Å². The third kappa shape index (κ3) is 2.06. The number of nitrogens with one attached hydrogen (secondary N) is 1. The molecule has 1 saturated heterocycles. The summed E-state index contributed by atoms with van der Waals surface area (Å²) in [7, 11) is 0. The second-order valence-electron chi connectivity index (χ2n) is 7.05. The zero-order valence-corrected chi connectivity index (χ0v) is 12.4. The van der Waals surface area contributed by atoms with Gasteiger partial charge in [0.15, 0.2) is 0 Å². The molecule has 0 aromatic heterocycles. The average Bonchev–Trinajstić information content (AvgIpc) is 3.13. The molecule has 0 aromatic carbocycles. The molecule has 2 saturated carbocycles. The van der Waals surface area contributed by atoms with Gasteiger partial charge in [0.05, 0.1) is 19.3 Å². The van der Waals surface area contributed by atoms with Gasteiger partial charge in [-0.3, -0.25) is 0 Å². The molecule has 4 aliphatic rings. The highest BCUT2D eigenvalue weighted by molar-refractivity contribution is 5.17. The highest BCUT2D eigenvalue weighted by atomic mass is 16.5. The molecule has 3 fully saturated rings. The molecule has 1 N–H and O–H groups in total. The van der Waals surface area contributed by atoms with Crippen molar-refractivity contribution in [2.45, 2.75) is 57.1 Å². The zero-order chi connectivity index (χ0) is 13.4. The Morgan fingerprint density at radius 2 is 2.15 bits per heavy atom. The number of hydrogen-bond acceptors (Lipinski definition) is 3. The van der Waals surface area contributed by atoms with Crippen LogP contribution in [0.1, 0.15) is 44.9 Å². The number of ether oxygens (including phenoxy) is 2. The number of rotatable bonds is 4. The van der Waals surface area contributed by atoms with E-state index < -0.39 is 0 Å². The molecule has 0 radical (unpaired) electrons. The molecule has 2 aliphatic carbocycles. The summed E-state index contributed by atoms with van der Waals surface area (Å²) in [6.45, 7) is 3.87. The fourth-order valence-corrected chi connectivity index (χ4v) is 5.19. The first kappa shape index (κ1) is 13.3. The molecule has 20 heavy (non-hydrogen) atoms. The minimum Gasteiger partial charge on any atom is -0.377 e. The summed E-state index contributed by atoms with van der Waals surface area (Å²) in [5, 5.41) is 3.91. The van der Waals surface area contributed by atoms with Crippen molar-refractivity contribution in [1.29, 1.82) is 0 Å². The van der Waals surface area contributed by atoms with Gasteiger partial charge in [-0.25, -0.2) is 0 Å². The van der Waals surface area contributed by atoms with E-state index in [9.17, 15) is 0 Å². The summed E-state index contributed by atoms with van der Waals surface area (Å²) in [5.41, 5.74) is 2.09. The molecule has 0 amide bonds. The topological polar surface area (TPSA) is 30.5 Å². The second kappa shape index (κ2) is 5.43. The summed E-state index contributed by atoms with van der Waals surface area (Å²) in [6.07, 6.45) is 12.1. The minimum absolute atomic E-state index is 0.505. The Balaban J connectivity index is 1.34. The summed E-state index contributed by atoms with van der Waals surface area (Å²) in [4.78, 5) is 0. The maximum atomic E-state index is 6.05. The van der Waals surface area contributed by atoms with Gasteiger partial charge in [-0.15, -0.1) is 0 Å². The van der Waals surface area contributed by atoms with E-state index in [2.05, 4.69) is 11.4 Å². The zero-order valence-electron chi connectivity index (χ0n) is 12.4. The van der Waals surface area contributed by atoms with E-state index in [0.29, 0.717) is 11.5 Å². The number of hydrogen-bond donors (Lipinski definition) is 1. The SMILES string of the molecule is C1=C(CCN[C@@H]2[C@H]3CCO[C@@H]3C23CCCC3)CCOC1. The predicted octanol–water partition coefficient (Wildman–Crippen LogP) is 2.66. The molecule has 2 heterocycles. The Labute approximate surface area is 122 Å². The largest absolute Gasteiger partial charge is 0.377 e. The molecular formula is C17H27NO2. The van der Waals surface area contributed by atoms with E-state index in [-0.39, 0.29) is 0 Å². The highest BCUT2D eigenvalue weighted by Crippen LogP contribution is 2.60. The van der Waals surface area contributed by atoms with Crippen LogP contribution in [0.5, 0.6) is 0 Å². The maximum Gasteiger partial charge on any atom is 0.0690 e. The third-order valence-electron chi connectivity index (χ3n) is 6.15. The molecule has 2 aliphatic heterocycles. The predicted molar refractivity (Wildman–Crippen MR) is 78.7 cm³/mol. The van der Waals surface area contributed by atoms with Gasteiger partial charge in [0.25, 0.3) is 0 Å². The lowest BCUT2D eigenvalue weighted by atomic mass is 9.54. The summed E-state index contributed by atoms with van der Waals surface area (Å²) < 4.78 is 11.4. The van der Waals surface area contributed by atoms with E-state index in [1.165, 1.54) is 38.5 Å². The van der Waals surface area contributed by atoms with Crippen LogP contribution in [0.4, 0.5) is 0 Å². The van der Waals surface area contributed by atoms with Crippen LogP contribution < -0.4 is 5.32 Å². The lowest BCUT2D eigenvalue weighted by Gasteiger charge is -2.57. The Kier molecular flexibility index (Phi) is 3.61. The monoisotopic (exact) mass is 277 g/mol. The smallest absolute Gasteiger partial charge is 0.0690 e. The van der Waals surface area contributed by atoms with Crippen molar-refractivity contribution in [2.75, 3.05) is 26.4 Å². The Morgan fingerprint density at radius 3 is 2.95 bits per heavy atom. The molecule has 112 valence electrons. The van der Waals surface area contributed by atoms with Gasteiger partial charge in [0, 0.05) is 24.0 Å². The first-order chi connectivity index (χ1) is 9.90. The Morgan fingerprint density at radius 1 is 1.25 bits per heavy atom. The molecule has 1 spiro atoms. The van der Waals surface area contributed by atoms with Crippen LogP contribution in [0, 0.1) is 11.3 Å². The van der Waals surface area contributed by atoms with E-state index in [4.69, 9.17) is 9.47 Å². The molecule has 3 heteroatoms. The van der Waals surface area contributed by atoms with Crippen LogP contribution >= 0.6 is 0 Å². The quantitative estimate of drug-likeness (QED) is 0.801. The van der Waals surface area contributed by atoms with Crippen molar-refractivity contribution in [2.24, 2.45) is 11.3 Å². The molecule has 3 atom stereocenters. The standard InChI is InChI=1S/C17H27NO2/c1-2-8-17(7-1)15(14-6-12-20-16(14)17)18-9-3-13-4-10-19-11-5-13/h4,14-16,18H,1-3,5-12H2/t14-,15-,16+/m1/s1. The fraction of sp³-hybridized carbons (Fsp3) is 0.882. The Hall–Kier alpha value is -0.380. The van der Waals surface area contributed by atoms with Crippen LogP contribution in [0.25, 0.3) is 0 Å². The summed E-state index contributed by atoms with van der Waals surface area (Å²) >= 11 is 0. The summed E-state index contributed by atoms with van der Waals surface area (Å²) in [5.74, 6) is 0.803. The molecule has 4 rings (SSSR count). The van der Waals surface area contributed by atoms with E-state index in [1.807, 2.05) is 0 Å². The lowest BCUT2D eigenvalue weighted by molar-refractivity contribution is -0.130. The van der Waals surface area contributed by atoms with Gasteiger partial charge in [0.2, 0.25) is 0 Å². The van der Waals surface area contributed by atoms with Crippen molar-refractivity contribution in [1.82, 2.24) is 5.32 Å². The molecule has 0 bridgehead atoms. The van der Waals surface area contributed by atoms with Crippen LogP contribution in [0.2, 0.25) is 0 Å². The van der Waals surface area contributed by atoms with E-state index in [0.717, 1.165) is 44.7 Å². The molecule has 0 unspecified atom stereocenters. The van der Waals surface area contributed by atoms with Gasteiger partial charge < -0.3 is 14.8 Å². The lowest BCUT2D eigenvalue weighted by Crippen LogP contribution is -2.67. The second-order valence-corrected chi connectivity index (χ2v) is 7.05. The van der Waals surface area contributed by atoms with Crippen LogP contribution in [0.15, 0.2) is 11.6 Å². The van der Waals surface area contributed by atoms with Crippen molar-refractivity contribution < 1.29 is 9.47 Å².